The maximum Gasteiger partial charge on any atom is 0.248 e. The Bertz CT molecular complexity index is 442. The maximum atomic E-state index is 4.66. The quantitative estimate of drug-likeness (QED) is 0.591. The third-order valence-corrected chi connectivity index (χ3v) is 4.65. The van der Waals surface area contributed by atoms with Crippen LogP contribution in [-0.2, 0) is 6.54 Å². The molecule has 6 heteroatoms. The molecular weight excluding hydrogens is 288 g/mol. The van der Waals surface area contributed by atoms with Gasteiger partial charge in [-0.3, -0.25) is 0 Å². The molecule has 0 N–H and O–H groups in total. The first-order valence-electron chi connectivity index (χ1n) is 5.49. The highest BCUT2D eigenvalue weighted by Gasteiger charge is 2.32. The Hall–Kier alpha value is -0.360. The van der Waals surface area contributed by atoms with Crippen LogP contribution in [-0.4, -0.2) is 31.6 Å². The highest BCUT2D eigenvalue weighted by Crippen LogP contribution is 2.33. The smallest absolute Gasteiger partial charge is 0.228 e. The van der Waals surface area contributed by atoms with Gasteiger partial charge in [0.15, 0.2) is 0 Å². The van der Waals surface area contributed by atoms with Crippen molar-refractivity contribution in [3.8, 4) is 0 Å². The topological polar surface area (TPSA) is 43.1 Å². The molecule has 86 valence electrons. The second-order valence-corrected chi connectivity index (χ2v) is 6.09. The van der Waals surface area contributed by atoms with Gasteiger partial charge in [0.1, 0.15) is 0 Å². The summed E-state index contributed by atoms with van der Waals surface area (Å²) in [6.07, 6.45) is 5.70. The van der Waals surface area contributed by atoms with E-state index < -0.39 is 0 Å². The lowest BCUT2D eigenvalue weighted by molar-refractivity contribution is 0.431. The monoisotopic (exact) mass is 300 g/mol. The van der Waals surface area contributed by atoms with E-state index in [1.807, 2.05) is 10.9 Å². The number of hydrogen-bond donors (Lipinski definition) is 0. The molecule has 16 heavy (non-hydrogen) atoms. The molecule has 2 atom stereocenters. The molecule has 0 spiro atoms. The molecule has 4 nitrogen and oxygen atoms in total. The van der Waals surface area contributed by atoms with Crippen molar-refractivity contribution >= 4 is 39.4 Å². The SMILES string of the molecule is CSc1nc2n(n1)CC1CCCC(Br)C1=N2. The van der Waals surface area contributed by atoms with Crippen LogP contribution in [0.1, 0.15) is 19.3 Å². The highest BCUT2D eigenvalue weighted by molar-refractivity contribution is 9.10. The number of fused-ring (bicyclic) bond motifs is 2. The highest BCUT2D eigenvalue weighted by atomic mass is 79.9. The number of alkyl halides is 1. The van der Waals surface area contributed by atoms with Gasteiger partial charge in [0.25, 0.3) is 0 Å². The predicted octanol–water partition coefficient (Wildman–Crippen LogP) is 2.65. The number of rotatable bonds is 1. The lowest BCUT2D eigenvalue weighted by atomic mass is 9.86. The van der Waals surface area contributed by atoms with Gasteiger partial charge in [-0.1, -0.05) is 34.1 Å². The van der Waals surface area contributed by atoms with Crippen LogP contribution in [0.5, 0.6) is 0 Å². The Balaban J connectivity index is 1.99. The van der Waals surface area contributed by atoms with Crippen molar-refractivity contribution in [2.45, 2.75) is 35.8 Å². The van der Waals surface area contributed by atoms with E-state index in [2.05, 4.69) is 31.0 Å². The fourth-order valence-corrected chi connectivity index (χ4v) is 3.52. The van der Waals surface area contributed by atoms with E-state index in [4.69, 9.17) is 0 Å². The number of hydrogen-bond acceptors (Lipinski definition) is 4. The fourth-order valence-electron chi connectivity index (χ4n) is 2.37. The van der Waals surface area contributed by atoms with Crippen LogP contribution >= 0.6 is 27.7 Å². The summed E-state index contributed by atoms with van der Waals surface area (Å²) in [6.45, 7) is 0.948. The first-order valence-corrected chi connectivity index (χ1v) is 7.63. The van der Waals surface area contributed by atoms with Gasteiger partial charge >= 0.3 is 0 Å². The minimum Gasteiger partial charge on any atom is -0.228 e. The molecule has 1 aliphatic heterocycles. The molecular formula is C10H13BrN4S. The van der Waals surface area contributed by atoms with Crippen LogP contribution in [0.25, 0.3) is 0 Å². The minimum atomic E-state index is 0.439. The summed E-state index contributed by atoms with van der Waals surface area (Å²) in [5.41, 5.74) is 1.28. The number of halogens is 1. The molecule has 2 heterocycles. The molecule has 0 bridgehead atoms. The molecule has 1 aromatic rings. The summed E-state index contributed by atoms with van der Waals surface area (Å²) in [4.78, 5) is 9.50. The fraction of sp³-hybridized carbons (Fsp3) is 0.700. The van der Waals surface area contributed by atoms with E-state index in [0.29, 0.717) is 10.7 Å². The van der Waals surface area contributed by atoms with Crippen LogP contribution in [0, 0.1) is 5.92 Å². The van der Waals surface area contributed by atoms with Crippen molar-refractivity contribution in [1.29, 1.82) is 0 Å². The van der Waals surface area contributed by atoms with Crippen LogP contribution in [0.2, 0.25) is 0 Å². The molecule has 0 saturated heterocycles. The van der Waals surface area contributed by atoms with Gasteiger partial charge in [-0.15, -0.1) is 5.10 Å². The van der Waals surface area contributed by atoms with Crippen molar-refractivity contribution in [3.05, 3.63) is 0 Å². The second-order valence-electron chi connectivity index (χ2n) is 4.21. The standard InChI is InChI=1S/C10H13BrN4S/c1-16-10-13-9-12-8-6(5-15(9)14-10)3-2-4-7(8)11/h6-7H,2-5H2,1H3. The zero-order valence-electron chi connectivity index (χ0n) is 9.06. The Morgan fingerprint density at radius 1 is 1.44 bits per heavy atom. The van der Waals surface area contributed by atoms with Gasteiger partial charge in [-0.05, 0) is 19.1 Å². The van der Waals surface area contributed by atoms with Crippen molar-refractivity contribution in [3.63, 3.8) is 0 Å². The third kappa shape index (κ3) is 1.72. The number of nitrogens with zero attached hydrogens (tertiary/aromatic N) is 4. The van der Waals surface area contributed by atoms with Gasteiger partial charge in [-0.25, -0.2) is 9.67 Å². The molecule has 2 unspecified atom stereocenters. The van der Waals surface area contributed by atoms with Crippen LogP contribution < -0.4 is 0 Å². The van der Waals surface area contributed by atoms with Crippen molar-refractivity contribution in [1.82, 2.24) is 14.8 Å². The number of thioether (sulfide) groups is 1. The molecule has 1 aromatic heterocycles. The van der Waals surface area contributed by atoms with Gasteiger partial charge in [0.05, 0.1) is 11.4 Å². The van der Waals surface area contributed by atoms with Crippen LogP contribution in [0.3, 0.4) is 0 Å². The normalized spacial score (nSPS) is 28.2. The molecule has 1 saturated carbocycles. The van der Waals surface area contributed by atoms with Gasteiger partial charge in [0, 0.05) is 11.6 Å². The number of aliphatic imine (C=N–C) groups is 1. The summed E-state index contributed by atoms with van der Waals surface area (Å²) >= 11 is 5.28. The maximum absolute atomic E-state index is 4.66. The Labute approximate surface area is 107 Å². The van der Waals surface area contributed by atoms with Crippen LogP contribution in [0.4, 0.5) is 5.95 Å². The van der Waals surface area contributed by atoms with Gasteiger partial charge in [-0.2, -0.15) is 4.98 Å². The van der Waals surface area contributed by atoms with E-state index >= 15 is 0 Å². The molecule has 2 aliphatic rings. The summed E-state index contributed by atoms with van der Waals surface area (Å²) in [5, 5.41) is 5.25. The Kier molecular flexibility index (Phi) is 2.79. The van der Waals surface area contributed by atoms with Crippen molar-refractivity contribution < 1.29 is 0 Å². The zero-order valence-corrected chi connectivity index (χ0v) is 11.5. The molecule has 1 aliphatic carbocycles. The second kappa shape index (κ2) is 4.14. The Morgan fingerprint density at radius 3 is 3.12 bits per heavy atom. The summed E-state index contributed by atoms with van der Waals surface area (Å²) in [5.74, 6) is 1.34. The van der Waals surface area contributed by atoms with Gasteiger partial charge in [0.2, 0.25) is 11.1 Å². The zero-order chi connectivity index (χ0) is 11.1. The van der Waals surface area contributed by atoms with E-state index in [1.54, 1.807) is 11.8 Å². The largest absolute Gasteiger partial charge is 0.248 e. The Morgan fingerprint density at radius 2 is 2.31 bits per heavy atom. The first-order chi connectivity index (χ1) is 7.78. The van der Waals surface area contributed by atoms with E-state index in [0.717, 1.165) is 17.6 Å². The molecule has 3 rings (SSSR count). The third-order valence-electron chi connectivity index (χ3n) is 3.19. The lowest BCUT2D eigenvalue weighted by Crippen LogP contribution is -2.34. The van der Waals surface area contributed by atoms with E-state index in [-0.39, 0.29) is 0 Å². The molecule has 0 aromatic carbocycles. The van der Waals surface area contributed by atoms with Crippen LogP contribution in [0.15, 0.2) is 10.1 Å². The average molecular weight is 301 g/mol. The summed E-state index contributed by atoms with van der Waals surface area (Å²) in [6, 6.07) is 0. The predicted molar refractivity (Wildman–Crippen MR) is 69.0 cm³/mol. The molecule has 0 amide bonds. The number of aromatic nitrogens is 3. The first kappa shape index (κ1) is 10.8. The van der Waals surface area contributed by atoms with Crippen molar-refractivity contribution in [2.24, 2.45) is 10.9 Å². The lowest BCUT2D eigenvalue weighted by Gasteiger charge is -2.30. The van der Waals surface area contributed by atoms with E-state index in [9.17, 15) is 0 Å². The average Bonchev–Trinajstić information content (AvgIpc) is 2.69. The van der Waals surface area contributed by atoms with Gasteiger partial charge < -0.3 is 0 Å². The van der Waals surface area contributed by atoms with Crippen molar-refractivity contribution in [2.75, 3.05) is 6.26 Å². The van der Waals surface area contributed by atoms with E-state index in [1.165, 1.54) is 25.0 Å². The summed E-state index contributed by atoms with van der Waals surface area (Å²) < 4.78 is 1.95. The minimum absolute atomic E-state index is 0.439. The molecule has 1 fully saturated rings. The molecule has 0 radical (unpaired) electrons. The summed E-state index contributed by atoms with van der Waals surface area (Å²) in [7, 11) is 0.